The molecule has 0 aromatic carbocycles. The van der Waals surface area contributed by atoms with Gasteiger partial charge in [-0.1, -0.05) is 0 Å². The van der Waals surface area contributed by atoms with Crippen LogP contribution in [0.3, 0.4) is 0 Å². The maximum atomic E-state index is 11.2. The fourth-order valence-corrected chi connectivity index (χ4v) is 2.11. The van der Waals surface area contributed by atoms with Crippen LogP contribution < -0.4 is 5.32 Å². The Hall–Kier alpha value is -1.69. The predicted molar refractivity (Wildman–Crippen MR) is 67.5 cm³/mol. The van der Waals surface area contributed by atoms with Crippen molar-refractivity contribution >= 4 is 11.8 Å². The van der Waals surface area contributed by atoms with Gasteiger partial charge in [0.1, 0.15) is 5.82 Å². The molecule has 1 aromatic heterocycles. The third-order valence-electron chi connectivity index (χ3n) is 3.02. The molecule has 1 aliphatic rings. The van der Waals surface area contributed by atoms with E-state index >= 15 is 0 Å². The zero-order valence-corrected chi connectivity index (χ0v) is 10.7. The number of esters is 1. The van der Waals surface area contributed by atoms with Crippen LogP contribution >= 0.6 is 0 Å². The van der Waals surface area contributed by atoms with Gasteiger partial charge in [-0.25, -0.2) is 14.8 Å². The molecule has 1 atom stereocenters. The van der Waals surface area contributed by atoms with Crippen molar-refractivity contribution in [1.29, 1.82) is 0 Å². The second-order valence-electron chi connectivity index (χ2n) is 4.52. The molecule has 6 heteroatoms. The molecule has 6 nitrogen and oxygen atoms in total. The van der Waals surface area contributed by atoms with Gasteiger partial charge in [0.05, 0.1) is 19.5 Å². The zero-order chi connectivity index (χ0) is 13.0. The number of ether oxygens (including phenoxy) is 1. The normalized spacial score (nSPS) is 20.4. The molecule has 1 fully saturated rings. The van der Waals surface area contributed by atoms with Gasteiger partial charge in [0.2, 0.25) is 0 Å². The summed E-state index contributed by atoms with van der Waals surface area (Å²) >= 11 is 0. The predicted octanol–water partition coefficient (Wildman–Crippen LogP) is 0.769. The summed E-state index contributed by atoms with van der Waals surface area (Å²) < 4.78 is 4.57. The van der Waals surface area contributed by atoms with Crippen LogP contribution in [0.15, 0.2) is 12.4 Å². The minimum Gasteiger partial charge on any atom is -0.464 e. The first-order valence-corrected chi connectivity index (χ1v) is 6.04. The molecule has 1 aromatic rings. The Morgan fingerprint density at radius 3 is 2.94 bits per heavy atom. The highest BCUT2D eigenvalue weighted by Crippen LogP contribution is 2.13. The van der Waals surface area contributed by atoms with Crippen LogP contribution in [0.2, 0.25) is 0 Å². The van der Waals surface area contributed by atoms with E-state index in [0.717, 1.165) is 19.5 Å². The van der Waals surface area contributed by atoms with Gasteiger partial charge in [-0.05, 0) is 26.4 Å². The van der Waals surface area contributed by atoms with E-state index in [2.05, 4.69) is 32.0 Å². The van der Waals surface area contributed by atoms with Crippen LogP contribution in [-0.2, 0) is 4.74 Å². The second kappa shape index (κ2) is 5.77. The number of hydrogen-bond acceptors (Lipinski definition) is 6. The largest absolute Gasteiger partial charge is 0.464 e. The van der Waals surface area contributed by atoms with Gasteiger partial charge in [0, 0.05) is 12.6 Å². The summed E-state index contributed by atoms with van der Waals surface area (Å²) in [6, 6.07) is 0.391. The minimum atomic E-state index is -0.466. The van der Waals surface area contributed by atoms with E-state index < -0.39 is 5.97 Å². The van der Waals surface area contributed by atoms with Crippen molar-refractivity contribution in [2.45, 2.75) is 18.9 Å². The van der Waals surface area contributed by atoms with E-state index in [0.29, 0.717) is 11.9 Å². The average Bonchev–Trinajstić information content (AvgIpc) is 2.39. The Kier molecular flexibility index (Phi) is 4.09. The Bertz CT molecular complexity index is 407. The highest BCUT2D eigenvalue weighted by molar-refractivity contribution is 5.86. The van der Waals surface area contributed by atoms with Crippen LogP contribution in [0.25, 0.3) is 0 Å². The molecule has 0 bridgehead atoms. The summed E-state index contributed by atoms with van der Waals surface area (Å²) in [5.41, 5.74) is 0.226. The van der Waals surface area contributed by atoms with Gasteiger partial charge in [-0.15, -0.1) is 0 Å². The fourth-order valence-electron chi connectivity index (χ4n) is 2.11. The maximum Gasteiger partial charge on any atom is 0.358 e. The van der Waals surface area contributed by atoms with Crippen molar-refractivity contribution in [3.05, 3.63) is 18.1 Å². The summed E-state index contributed by atoms with van der Waals surface area (Å²) in [6.45, 7) is 2.14. The molecule has 0 aliphatic carbocycles. The minimum absolute atomic E-state index is 0.226. The fraction of sp³-hybridized carbons (Fsp3) is 0.583. The molecule has 0 radical (unpaired) electrons. The first-order chi connectivity index (χ1) is 8.69. The number of carbonyl (C=O) groups is 1. The topological polar surface area (TPSA) is 67.3 Å². The van der Waals surface area contributed by atoms with E-state index in [9.17, 15) is 4.79 Å². The first-order valence-electron chi connectivity index (χ1n) is 6.04. The Morgan fingerprint density at radius 1 is 1.50 bits per heavy atom. The summed E-state index contributed by atoms with van der Waals surface area (Å²) in [5.74, 6) is 0.231. The molecule has 0 spiro atoms. The molecular formula is C12H18N4O2. The molecule has 1 N–H and O–H groups in total. The number of rotatable bonds is 3. The van der Waals surface area contributed by atoms with Crippen LogP contribution in [0.4, 0.5) is 5.82 Å². The first kappa shape index (κ1) is 12.8. The van der Waals surface area contributed by atoms with Gasteiger partial charge >= 0.3 is 5.97 Å². The third-order valence-corrected chi connectivity index (χ3v) is 3.02. The SMILES string of the molecule is COC(=O)c1cnc(NC2CCCN(C)C2)cn1. The summed E-state index contributed by atoms with van der Waals surface area (Å²) in [4.78, 5) is 21.7. The lowest BCUT2D eigenvalue weighted by molar-refractivity contribution is 0.0593. The van der Waals surface area contributed by atoms with Crippen molar-refractivity contribution in [3.63, 3.8) is 0 Å². The molecule has 18 heavy (non-hydrogen) atoms. The number of aromatic nitrogens is 2. The Labute approximate surface area is 106 Å². The van der Waals surface area contributed by atoms with Crippen molar-refractivity contribution in [2.75, 3.05) is 32.6 Å². The van der Waals surface area contributed by atoms with Gasteiger partial charge in [0.15, 0.2) is 5.69 Å². The van der Waals surface area contributed by atoms with Crippen LogP contribution in [-0.4, -0.2) is 54.1 Å². The summed E-state index contributed by atoms with van der Waals surface area (Å²) in [5, 5.41) is 3.33. The number of likely N-dealkylation sites (N-methyl/N-ethyl adjacent to an activating group) is 1. The number of nitrogens with zero attached hydrogens (tertiary/aromatic N) is 3. The maximum absolute atomic E-state index is 11.2. The molecule has 1 unspecified atom stereocenters. The van der Waals surface area contributed by atoms with Crippen LogP contribution in [0, 0.1) is 0 Å². The second-order valence-corrected chi connectivity index (χ2v) is 4.52. The van der Waals surface area contributed by atoms with E-state index in [1.807, 2.05) is 0 Å². The molecule has 2 rings (SSSR count). The van der Waals surface area contributed by atoms with Crippen molar-refractivity contribution in [1.82, 2.24) is 14.9 Å². The van der Waals surface area contributed by atoms with Gasteiger partial charge in [-0.2, -0.15) is 0 Å². The van der Waals surface area contributed by atoms with E-state index in [-0.39, 0.29) is 5.69 Å². The lowest BCUT2D eigenvalue weighted by atomic mass is 10.1. The quantitative estimate of drug-likeness (QED) is 0.799. The number of methoxy groups -OCH3 is 1. The summed E-state index contributed by atoms with van der Waals surface area (Å²) in [6.07, 6.45) is 5.31. The van der Waals surface area contributed by atoms with Crippen molar-refractivity contribution in [2.24, 2.45) is 0 Å². The lowest BCUT2D eigenvalue weighted by Gasteiger charge is -2.30. The third kappa shape index (κ3) is 3.16. The number of hydrogen-bond donors (Lipinski definition) is 1. The smallest absolute Gasteiger partial charge is 0.358 e. The number of anilines is 1. The molecule has 1 aliphatic heterocycles. The van der Waals surface area contributed by atoms with Crippen LogP contribution in [0.5, 0.6) is 0 Å². The van der Waals surface area contributed by atoms with E-state index in [1.54, 1.807) is 6.20 Å². The van der Waals surface area contributed by atoms with Gasteiger partial charge in [0.25, 0.3) is 0 Å². The standard InChI is InChI=1S/C12H18N4O2/c1-16-5-3-4-9(8-16)15-11-7-13-10(6-14-11)12(17)18-2/h6-7,9H,3-5,8H2,1-2H3,(H,14,15). The Balaban J connectivity index is 1.95. The number of likely N-dealkylation sites (tertiary alicyclic amines) is 1. The highest BCUT2D eigenvalue weighted by Gasteiger charge is 2.17. The Morgan fingerprint density at radius 2 is 2.33 bits per heavy atom. The number of piperidine rings is 1. The number of carbonyl (C=O) groups excluding carboxylic acids is 1. The van der Waals surface area contributed by atoms with Crippen LogP contribution in [0.1, 0.15) is 23.3 Å². The van der Waals surface area contributed by atoms with E-state index in [1.165, 1.54) is 19.7 Å². The summed E-state index contributed by atoms with van der Waals surface area (Å²) in [7, 11) is 3.44. The molecule has 2 heterocycles. The average molecular weight is 250 g/mol. The highest BCUT2D eigenvalue weighted by atomic mass is 16.5. The van der Waals surface area contributed by atoms with Crippen molar-refractivity contribution in [3.8, 4) is 0 Å². The molecule has 98 valence electrons. The van der Waals surface area contributed by atoms with Crippen molar-refractivity contribution < 1.29 is 9.53 Å². The van der Waals surface area contributed by atoms with Gasteiger partial charge < -0.3 is 15.0 Å². The molecule has 0 saturated carbocycles. The number of nitrogens with one attached hydrogen (secondary N) is 1. The zero-order valence-electron chi connectivity index (χ0n) is 10.7. The molecular weight excluding hydrogens is 232 g/mol. The van der Waals surface area contributed by atoms with Gasteiger partial charge in [-0.3, -0.25) is 0 Å². The molecule has 1 saturated heterocycles. The lowest BCUT2D eigenvalue weighted by Crippen LogP contribution is -2.39. The molecule has 0 amide bonds. The monoisotopic (exact) mass is 250 g/mol. The van der Waals surface area contributed by atoms with E-state index in [4.69, 9.17) is 0 Å².